The van der Waals surface area contributed by atoms with Gasteiger partial charge in [-0.25, -0.2) is 4.90 Å². The Labute approximate surface area is 199 Å². The number of nitrogens with two attached hydrogens (primary N) is 1. The van der Waals surface area contributed by atoms with Crippen molar-refractivity contribution in [3.8, 4) is 0 Å². The summed E-state index contributed by atoms with van der Waals surface area (Å²) in [6, 6.07) is 9.26. The Morgan fingerprint density at radius 1 is 1.18 bits per heavy atom. The number of aliphatic hydroxyl groups is 1. The summed E-state index contributed by atoms with van der Waals surface area (Å²) in [6.07, 6.45) is 0.408. The number of carbonyl (C=O) groups excluding carboxylic acids is 3. The van der Waals surface area contributed by atoms with Crippen molar-refractivity contribution in [2.75, 3.05) is 16.8 Å². The summed E-state index contributed by atoms with van der Waals surface area (Å²) in [4.78, 5) is 42.6. The third-order valence-corrected chi connectivity index (χ3v) is 8.10. The van der Waals surface area contributed by atoms with E-state index in [4.69, 9.17) is 28.9 Å². The third kappa shape index (κ3) is 2.52. The van der Waals surface area contributed by atoms with Gasteiger partial charge in [0.1, 0.15) is 11.8 Å². The Bertz CT molecular complexity index is 1250. The second-order valence-electron chi connectivity index (χ2n) is 9.02. The molecule has 33 heavy (non-hydrogen) atoms. The number of nitrogens with zero attached hydrogens (tertiary/aromatic N) is 2. The van der Waals surface area contributed by atoms with Gasteiger partial charge in [0.05, 0.1) is 28.2 Å². The molecule has 4 aliphatic rings. The normalized spacial score (nSPS) is 32.3. The summed E-state index contributed by atoms with van der Waals surface area (Å²) >= 11 is 12.8. The third-order valence-electron chi connectivity index (χ3n) is 7.59. The summed E-state index contributed by atoms with van der Waals surface area (Å²) in [5, 5.41) is 15.2. The van der Waals surface area contributed by atoms with Gasteiger partial charge in [-0.05, 0) is 49.7 Å². The van der Waals surface area contributed by atoms with Crippen LogP contribution < -0.4 is 16.0 Å². The van der Waals surface area contributed by atoms with E-state index in [0.717, 1.165) is 17.7 Å². The summed E-state index contributed by atoms with van der Waals surface area (Å²) in [7, 11) is 0. The van der Waals surface area contributed by atoms with Crippen LogP contribution in [0.25, 0.3) is 0 Å². The highest BCUT2D eigenvalue weighted by Gasteiger charge is 2.74. The molecule has 0 bridgehead atoms. The van der Waals surface area contributed by atoms with Crippen LogP contribution in [0.4, 0.5) is 11.4 Å². The van der Waals surface area contributed by atoms with Gasteiger partial charge < -0.3 is 16.2 Å². The lowest BCUT2D eigenvalue weighted by Crippen LogP contribution is -2.56. The SMILES string of the molecule is NC(=O)c1cccc(N2C(=O)C3C4CCCN4C4(c5cc(Cl)cc(Cl)c5NC4O)C3C2=O)c1. The van der Waals surface area contributed by atoms with E-state index in [0.29, 0.717) is 33.5 Å². The first kappa shape index (κ1) is 20.9. The van der Waals surface area contributed by atoms with E-state index in [1.54, 1.807) is 24.3 Å². The molecular weight excluding hydrogens is 467 g/mol. The van der Waals surface area contributed by atoms with Crippen LogP contribution in [-0.2, 0) is 15.1 Å². The van der Waals surface area contributed by atoms with Gasteiger partial charge in [-0.2, -0.15) is 0 Å². The van der Waals surface area contributed by atoms with Crippen LogP contribution in [0.2, 0.25) is 10.0 Å². The number of anilines is 2. The molecular formula is C23H20Cl2N4O4. The van der Waals surface area contributed by atoms with Crippen molar-refractivity contribution in [3.05, 3.63) is 57.6 Å². The monoisotopic (exact) mass is 486 g/mol. The average Bonchev–Trinajstić information content (AvgIpc) is 3.47. The van der Waals surface area contributed by atoms with Crippen LogP contribution >= 0.6 is 23.2 Å². The summed E-state index contributed by atoms with van der Waals surface area (Å²) < 4.78 is 0. The average molecular weight is 487 g/mol. The molecule has 1 spiro atoms. The maximum Gasteiger partial charge on any atom is 0.248 e. The Morgan fingerprint density at radius 2 is 1.97 bits per heavy atom. The predicted molar refractivity (Wildman–Crippen MR) is 122 cm³/mol. The van der Waals surface area contributed by atoms with E-state index in [-0.39, 0.29) is 17.5 Å². The number of halogens is 2. The Kier molecular flexibility index (Phi) is 4.39. The number of primary amides is 1. The summed E-state index contributed by atoms with van der Waals surface area (Å²) in [5.74, 6) is -2.90. The topological polar surface area (TPSA) is 116 Å². The molecule has 3 fully saturated rings. The van der Waals surface area contributed by atoms with E-state index in [1.807, 2.05) is 0 Å². The Morgan fingerprint density at radius 3 is 2.73 bits per heavy atom. The van der Waals surface area contributed by atoms with Crippen molar-refractivity contribution < 1.29 is 19.5 Å². The van der Waals surface area contributed by atoms with E-state index in [9.17, 15) is 19.5 Å². The molecule has 8 nitrogen and oxygen atoms in total. The van der Waals surface area contributed by atoms with Crippen molar-refractivity contribution in [3.63, 3.8) is 0 Å². The molecule has 2 aromatic rings. The lowest BCUT2D eigenvalue weighted by molar-refractivity contribution is -0.127. The molecule has 6 rings (SSSR count). The predicted octanol–water partition coefficient (Wildman–Crippen LogP) is 2.32. The van der Waals surface area contributed by atoms with Crippen LogP contribution in [0.15, 0.2) is 36.4 Å². The molecule has 170 valence electrons. The molecule has 0 aliphatic carbocycles. The minimum Gasteiger partial charge on any atom is -0.371 e. The van der Waals surface area contributed by atoms with Gasteiger partial charge in [0.25, 0.3) is 0 Å². The molecule has 0 radical (unpaired) electrons. The van der Waals surface area contributed by atoms with E-state index < -0.39 is 35.4 Å². The minimum absolute atomic E-state index is 0.203. The van der Waals surface area contributed by atoms with Crippen molar-refractivity contribution >= 4 is 52.3 Å². The molecule has 3 saturated heterocycles. The van der Waals surface area contributed by atoms with Crippen molar-refractivity contribution in [1.29, 1.82) is 0 Å². The standard InChI is InChI=1S/C23H20Cl2N4O4/c24-11-8-13-18(14(25)9-11)27-22(33)23(13)17-16(15-5-2-6-28(15)23)20(31)29(21(17)32)12-4-1-3-10(7-12)19(26)30/h1,3-4,7-9,15-17,22,27,33H,2,5-6H2,(H2,26,30). The molecule has 4 aliphatic heterocycles. The molecule has 5 unspecified atom stereocenters. The molecule has 0 aromatic heterocycles. The number of imide groups is 1. The largest absolute Gasteiger partial charge is 0.371 e. The number of aliphatic hydroxyl groups excluding tert-OH is 1. The second kappa shape index (κ2) is 6.93. The number of benzene rings is 2. The highest BCUT2D eigenvalue weighted by molar-refractivity contribution is 6.37. The summed E-state index contributed by atoms with van der Waals surface area (Å²) in [6.45, 7) is 0.637. The fourth-order valence-corrected chi connectivity index (χ4v) is 7.03. The van der Waals surface area contributed by atoms with E-state index in [2.05, 4.69) is 10.2 Å². The molecule has 5 atom stereocenters. The molecule has 4 N–H and O–H groups in total. The Hall–Kier alpha value is -2.65. The zero-order chi connectivity index (χ0) is 23.2. The highest BCUT2D eigenvalue weighted by atomic mass is 35.5. The number of nitrogens with one attached hydrogen (secondary N) is 1. The Balaban J connectivity index is 1.55. The van der Waals surface area contributed by atoms with Gasteiger partial charge in [-0.1, -0.05) is 29.3 Å². The maximum atomic E-state index is 14.0. The number of hydrogen-bond acceptors (Lipinski definition) is 6. The molecule has 3 amide bonds. The molecule has 10 heteroatoms. The zero-order valence-corrected chi connectivity index (χ0v) is 18.8. The van der Waals surface area contributed by atoms with Crippen LogP contribution in [0.1, 0.15) is 28.8 Å². The van der Waals surface area contributed by atoms with Crippen molar-refractivity contribution in [2.24, 2.45) is 17.6 Å². The smallest absolute Gasteiger partial charge is 0.248 e. The first-order valence-corrected chi connectivity index (χ1v) is 11.5. The second-order valence-corrected chi connectivity index (χ2v) is 9.86. The minimum atomic E-state index is -1.18. The maximum absolute atomic E-state index is 14.0. The van der Waals surface area contributed by atoms with E-state index >= 15 is 0 Å². The number of carbonyl (C=O) groups is 3. The van der Waals surface area contributed by atoms with Gasteiger partial charge in [-0.15, -0.1) is 0 Å². The fourth-order valence-electron chi connectivity index (χ4n) is 6.48. The lowest BCUT2D eigenvalue weighted by Gasteiger charge is -2.41. The van der Waals surface area contributed by atoms with Gasteiger partial charge in [0.2, 0.25) is 17.7 Å². The molecule has 2 aromatic carbocycles. The van der Waals surface area contributed by atoms with Crippen LogP contribution in [0, 0.1) is 11.8 Å². The number of hydrogen-bond donors (Lipinski definition) is 3. The van der Waals surface area contributed by atoms with E-state index in [1.165, 1.54) is 12.1 Å². The van der Waals surface area contributed by atoms with Gasteiger partial charge in [0, 0.05) is 22.2 Å². The van der Waals surface area contributed by atoms with Gasteiger partial charge >= 0.3 is 0 Å². The molecule has 0 saturated carbocycles. The fraction of sp³-hybridized carbons (Fsp3) is 0.348. The van der Waals surface area contributed by atoms with Gasteiger partial charge in [0.15, 0.2) is 0 Å². The summed E-state index contributed by atoms with van der Waals surface area (Å²) in [5.41, 5.74) is 5.87. The number of rotatable bonds is 2. The number of amides is 3. The molecule has 4 heterocycles. The lowest BCUT2D eigenvalue weighted by atomic mass is 9.75. The zero-order valence-electron chi connectivity index (χ0n) is 17.3. The van der Waals surface area contributed by atoms with Crippen molar-refractivity contribution in [2.45, 2.75) is 30.7 Å². The van der Waals surface area contributed by atoms with Crippen LogP contribution in [0.5, 0.6) is 0 Å². The first-order valence-electron chi connectivity index (χ1n) is 10.8. The van der Waals surface area contributed by atoms with Crippen LogP contribution in [-0.4, -0.2) is 46.5 Å². The van der Waals surface area contributed by atoms with Crippen molar-refractivity contribution in [1.82, 2.24) is 4.90 Å². The number of fused-ring (bicyclic) bond motifs is 7. The first-order chi connectivity index (χ1) is 15.8. The van der Waals surface area contributed by atoms with Crippen LogP contribution in [0.3, 0.4) is 0 Å². The quantitative estimate of drug-likeness (QED) is 0.560. The van der Waals surface area contributed by atoms with Gasteiger partial charge in [-0.3, -0.25) is 19.3 Å². The highest BCUT2D eigenvalue weighted by Crippen LogP contribution is 2.62.